The number of amides is 1. The number of aliphatic hydroxyl groups is 1. The van der Waals surface area contributed by atoms with Crippen LogP contribution in [0.5, 0.6) is 0 Å². The van der Waals surface area contributed by atoms with E-state index < -0.39 is 0 Å². The highest BCUT2D eigenvalue weighted by atomic mass is 19.1. The molecule has 0 spiro atoms. The predicted molar refractivity (Wildman–Crippen MR) is 71.3 cm³/mol. The second kappa shape index (κ2) is 6.02. The summed E-state index contributed by atoms with van der Waals surface area (Å²) in [5.41, 5.74) is 1.38. The monoisotopic (exact) mass is 266 g/mol. The summed E-state index contributed by atoms with van der Waals surface area (Å²) in [4.78, 5) is 13.8. The van der Waals surface area contributed by atoms with Crippen LogP contribution in [0.15, 0.2) is 18.2 Å². The molecular weight excluding hydrogens is 247 g/mol. The Hall–Kier alpha value is -1.62. The molecule has 5 heteroatoms. The zero-order chi connectivity index (χ0) is 13.8. The Kier molecular flexibility index (Phi) is 4.37. The van der Waals surface area contributed by atoms with Crippen LogP contribution in [0.3, 0.4) is 0 Å². The van der Waals surface area contributed by atoms with Crippen LogP contribution in [0.4, 0.5) is 10.1 Å². The molecule has 2 N–H and O–H groups in total. The van der Waals surface area contributed by atoms with Gasteiger partial charge in [-0.05, 0) is 31.0 Å². The fourth-order valence-electron chi connectivity index (χ4n) is 2.60. The van der Waals surface area contributed by atoms with Crippen molar-refractivity contribution in [2.24, 2.45) is 5.92 Å². The number of benzene rings is 1. The number of aliphatic hydroxyl groups excluding tert-OH is 1. The summed E-state index contributed by atoms with van der Waals surface area (Å²) >= 11 is 0. The average Bonchev–Trinajstić information content (AvgIpc) is 2.46. The standard InChI is InChI=1S/C14H19FN2O2/c1-16-14(19)10-3-2-6-17(8-10)13-5-4-12(15)7-11(13)9-18/h4-5,7,10,18H,2-3,6,8-9H2,1H3,(H,16,19). The predicted octanol–water partition coefficient (Wildman–Crippen LogP) is 1.28. The van der Waals surface area contributed by atoms with Crippen LogP contribution in [-0.2, 0) is 11.4 Å². The van der Waals surface area contributed by atoms with E-state index in [1.807, 2.05) is 0 Å². The third-order valence-electron chi connectivity index (χ3n) is 3.59. The van der Waals surface area contributed by atoms with E-state index in [2.05, 4.69) is 10.2 Å². The Morgan fingerprint density at radius 1 is 1.58 bits per heavy atom. The molecule has 0 aliphatic carbocycles. The lowest BCUT2D eigenvalue weighted by Gasteiger charge is -2.34. The van der Waals surface area contributed by atoms with Gasteiger partial charge in [-0.2, -0.15) is 0 Å². The summed E-state index contributed by atoms with van der Waals surface area (Å²) in [5.74, 6) is -0.361. The number of anilines is 1. The van der Waals surface area contributed by atoms with E-state index in [1.165, 1.54) is 12.1 Å². The Morgan fingerprint density at radius 2 is 2.37 bits per heavy atom. The molecule has 0 bridgehead atoms. The van der Waals surface area contributed by atoms with E-state index in [0.29, 0.717) is 12.1 Å². The van der Waals surface area contributed by atoms with Crippen molar-refractivity contribution in [3.05, 3.63) is 29.6 Å². The number of halogens is 1. The lowest BCUT2D eigenvalue weighted by molar-refractivity contribution is -0.124. The van der Waals surface area contributed by atoms with Gasteiger partial charge in [-0.3, -0.25) is 4.79 Å². The topological polar surface area (TPSA) is 52.6 Å². The van der Waals surface area contributed by atoms with Crippen LogP contribution in [-0.4, -0.2) is 31.2 Å². The summed E-state index contributed by atoms with van der Waals surface area (Å²) < 4.78 is 13.2. The Bertz CT molecular complexity index is 465. The first kappa shape index (κ1) is 13.8. The van der Waals surface area contributed by atoms with E-state index in [4.69, 9.17) is 0 Å². The van der Waals surface area contributed by atoms with Crippen LogP contribution in [0, 0.1) is 11.7 Å². The first-order valence-corrected chi connectivity index (χ1v) is 6.51. The van der Waals surface area contributed by atoms with Crippen molar-refractivity contribution in [1.29, 1.82) is 0 Å². The molecule has 0 aromatic heterocycles. The number of carbonyl (C=O) groups is 1. The highest BCUT2D eigenvalue weighted by Gasteiger charge is 2.26. The van der Waals surface area contributed by atoms with E-state index in [-0.39, 0.29) is 24.2 Å². The van der Waals surface area contributed by atoms with Crippen molar-refractivity contribution in [3.8, 4) is 0 Å². The smallest absolute Gasteiger partial charge is 0.224 e. The maximum absolute atomic E-state index is 13.2. The normalized spacial score (nSPS) is 19.3. The van der Waals surface area contributed by atoms with Crippen LogP contribution >= 0.6 is 0 Å². The minimum Gasteiger partial charge on any atom is -0.392 e. The first-order chi connectivity index (χ1) is 9.15. The molecule has 1 saturated heterocycles. The van der Waals surface area contributed by atoms with Gasteiger partial charge in [-0.15, -0.1) is 0 Å². The number of hydrogen-bond acceptors (Lipinski definition) is 3. The van der Waals surface area contributed by atoms with E-state index in [9.17, 15) is 14.3 Å². The molecule has 1 unspecified atom stereocenters. The molecule has 104 valence electrons. The highest BCUT2D eigenvalue weighted by molar-refractivity contribution is 5.79. The zero-order valence-electron chi connectivity index (χ0n) is 11.0. The lowest BCUT2D eigenvalue weighted by atomic mass is 9.96. The van der Waals surface area contributed by atoms with Gasteiger partial charge < -0.3 is 15.3 Å². The Morgan fingerprint density at radius 3 is 3.05 bits per heavy atom. The molecule has 1 heterocycles. The minimum atomic E-state index is -0.354. The van der Waals surface area contributed by atoms with Gasteiger partial charge in [0.1, 0.15) is 5.82 Å². The molecule has 1 atom stereocenters. The van der Waals surface area contributed by atoms with Gasteiger partial charge in [0.15, 0.2) is 0 Å². The maximum Gasteiger partial charge on any atom is 0.224 e. The first-order valence-electron chi connectivity index (χ1n) is 6.51. The molecule has 1 aliphatic rings. The Labute approximate surface area is 112 Å². The van der Waals surface area contributed by atoms with E-state index in [1.54, 1.807) is 13.1 Å². The van der Waals surface area contributed by atoms with Gasteiger partial charge in [0, 0.05) is 31.4 Å². The molecule has 0 saturated carbocycles. The number of nitrogens with zero attached hydrogens (tertiary/aromatic N) is 1. The molecule has 0 radical (unpaired) electrons. The molecule has 19 heavy (non-hydrogen) atoms. The quantitative estimate of drug-likeness (QED) is 0.866. The third kappa shape index (κ3) is 3.04. The number of hydrogen-bond donors (Lipinski definition) is 2. The van der Waals surface area contributed by atoms with Gasteiger partial charge in [0.25, 0.3) is 0 Å². The molecule has 1 aromatic rings. The summed E-state index contributed by atoms with van der Waals surface area (Å²) in [5, 5.41) is 12.0. The molecule has 1 aliphatic heterocycles. The fraction of sp³-hybridized carbons (Fsp3) is 0.500. The minimum absolute atomic E-state index is 0.0392. The molecule has 4 nitrogen and oxygen atoms in total. The third-order valence-corrected chi connectivity index (χ3v) is 3.59. The lowest BCUT2D eigenvalue weighted by Crippen LogP contribution is -2.42. The SMILES string of the molecule is CNC(=O)C1CCCN(c2ccc(F)cc2CO)C1. The van der Waals surface area contributed by atoms with Crippen molar-refractivity contribution in [2.75, 3.05) is 25.0 Å². The van der Waals surface area contributed by atoms with Crippen LogP contribution < -0.4 is 10.2 Å². The second-order valence-corrected chi connectivity index (χ2v) is 4.83. The maximum atomic E-state index is 13.2. The van der Waals surface area contributed by atoms with Crippen molar-refractivity contribution >= 4 is 11.6 Å². The zero-order valence-corrected chi connectivity index (χ0v) is 11.0. The van der Waals surface area contributed by atoms with E-state index >= 15 is 0 Å². The molecule has 1 aromatic carbocycles. The molecule has 2 rings (SSSR count). The average molecular weight is 266 g/mol. The number of rotatable bonds is 3. The molecule has 1 amide bonds. The van der Waals surface area contributed by atoms with Gasteiger partial charge in [0.2, 0.25) is 5.91 Å². The summed E-state index contributed by atoms with van der Waals surface area (Å²) in [6.45, 7) is 1.23. The fourth-order valence-corrected chi connectivity index (χ4v) is 2.60. The van der Waals surface area contributed by atoms with Crippen molar-refractivity contribution in [1.82, 2.24) is 5.32 Å². The summed E-state index contributed by atoms with van der Waals surface area (Å²) in [6, 6.07) is 4.41. The summed E-state index contributed by atoms with van der Waals surface area (Å²) in [7, 11) is 1.64. The molecule has 1 fully saturated rings. The van der Waals surface area contributed by atoms with Gasteiger partial charge in [0.05, 0.1) is 12.5 Å². The molecular formula is C14H19FN2O2. The van der Waals surface area contributed by atoms with Gasteiger partial charge >= 0.3 is 0 Å². The second-order valence-electron chi connectivity index (χ2n) is 4.83. The Balaban J connectivity index is 2.19. The van der Waals surface area contributed by atoms with Gasteiger partial charge in [-0.1, -0.05) is 0 Å². The largest absolute Gasteiger partial charge is 0.392 e. The van der Waals surface area contributed by atoms with Gasteiger partial charge in [-0.25, -0.2) is 4.39 Å². The van der Waals surface area contributed by atoms with Crippen LogP contribution in [0.1, 0.15) is 18.4 Å². The van der Waals surface area contributed by atoms with Crippen LogP contribution in [0.25, 0.3) is 0 Å². The van der Waals surface area contributed by atoms with Crippen molar-refractivity contribution < 1.29 is 14.3 Å². The van der Waals surface area contributed by atoms with E-state index in [0.717, 1.165) is 25.1 Å². The summed E-state index contributed by atoms with van der Waals surface area (Å²) in [6.07, 6.45) is 1.78. The number of nitrogens with one attached hydrogen (secondary N) is 1. The van der Waals surface area contributed by atoms with Crippen LogP contribution in [0.2, 0.25) is 0 Å². The number of carbonyl (C=O) groups excluding carboxylic acids is 1. The van der Waals surface area contributed by atoms with Crippen molar-refractivity contribution in [2.45, 2.75) is 19.4 Å². The van der Waals surface area contributed by atoms with Crippen molar-refractivity contribution in [3.63, 3.8) is 0 Å². The number of piperidine rings is 1. The highest BCUT2D eigenvalue weighted by Crippen LogP contribution is 2.27.